The molecule has 0 atom stereocenters. The van der Waals surface area contributed by atoms with Crippen LogP contribution in [0.3, 0.4) is 0 Å². The Bertz CT molecular complexity index is 1390. The van der Waals surface area contributed by atoms with Gasteiger partial charge in [-0.1, -0.05) is 41.9 Å². The SMILES string of the molecule is CC(C)c1nc2ccc(Br)cc2c(=O)n1N=Cc1ccc(-c2ccccc2[N+](=O)[O-])o1. The lowest BCUT2D eigenvalue weighted by Gasteiger charge is -2.11. The van der Waals surface area contributed by atoms with Crippen molar-refractivity contribution in [3.63, 3.8) is 0 Å². The second-order valence-corrected chi connectivity index (χ2v) is 8.04. The van der Waals surface area contributed by atoms with Crippen molar-refractivity contribution >= 4 is 38.7 Å². The van der Waals surface area contributed by atoms with Gasteiger partial charge in [-0.05, 0) is 36.4 Å². The van der Waals surface area contributed by atoms with Gasteiger partial charge in [-0.3, -0.25) is 14.9 Å². The molecule has 0 unspecified atom stereocenters. The van der Waals surface area contributed by atoms with Gasteiger partial charge in [-0.25, -0.2) is 4.98 Å². The number of nitro groups is 1. The van der Waals surface area contributed by atoms with Gasteiger partial charge in [0.1, 0.15) is 17.3 Å². The molecule has 0 aliphatic carbocycles. The van der Waals surface area contributed by atoms with E-state index in [1.807, 2.05) is 19.9 Å². The van der Waals surface area contributed by atoms with Crippen LogP contribution in [0.1, 0.15) is 31.4 Å². The molecule has 4 aromatic rings. The van der Waals surface area contributed by atoms with Crippen LogP contribution in [-0.2, 0) is 0 Å². The van der Waals surface area contributed by atoms with Crippen molar-refractivity contribution in [3.05, 3.63) is 91.1 Å². The normalized spacial score (nSPS) is 11.6. The van der Waals surface area contributed by atoms with E-state index >= 15 is 0 Å². The zero-order valence-corrected chi connectivity index (χ0v) is 18.2. The minimum absolute atomic E-state index is 0.0444. The van der Waals surface area contributed by atoms with Crippen molar-refractivity contribution in [3.8, 4) is 11.3 Å². The first-order valence-corrected chi connectivity index (χ1v) is 10.2. The van der Waals surface area contributed by atoms with Gasteiger partial charge < -0.3 is 4.42 Å². The largest absolute Gasteiger partial charge is 0.455 e. The number of aromatic nitrogens is 2. The van der Waals surface area contributed by atoms with E-state index in [2.05, 4.69) is 26.0 Å². The smallest absolute Gasteiger partial charge is 0.282 e. The highest BCUT2D eigenvalue weighted by molar-refractivity contribution is 9.10. The number of fused-ring (bicyclic) bond motifs is 1. The van der Waals surface area contributed by atoms with E-state index in [-0.39, 0.29) is 17.2 Å². The fourth-order valence-electron chi connectivity index (χ4n) is 3.17. The maximum Gasteiger partial charge on any atom is 0.282 e. The summed E-state index contributed by atoms with van der Waals surface area (Å²) in [5.41, 5.74) is 0.615. The van der Waals surface area contributed by atoms with Crippen LogP contribution in [0.25, 0.3) is 22.2 Å². The molecule has 0 aliphatic heterocycles. The molecule has 0 fully saturated rings. The van der Waals surface area contributed by atoms with E-state index < -0.39 is 4.92 Å². The quantitative estimate of drug-likeness (QED) is 0.218. The predicted molar refractivity (Wildman–Crippen MR) is 122 cm³/mol. The molecule has 4 rings (SSSR count). The van der Waals surface area contributed by atoms with Gasteiger partial charge in [-0.15, -0.1) is 0 Å². The number of nitrogens with zero attached hydrogens (tertiary/aromatic N) is 4. The lowest BCUT2D eigenvalue weighted by atomic mass is 10.1. The van der Waals surface area contributed by atoms with Crippen molar-refractivity contribution in [2.45, 2.75) is 19.8 Å². The minimum atomic E-state index is -0.459. The summed E-state index contributed by atoms with van der Waals surface area (Å²) in [4.78, 5) is 28.5. The average molecular weight is 481 g/mol. The number of rotatable bonds is 5. The van der Waals surface area contributed by atoms with Gasteiger partial charge in [0, 0.05) is 16.5 Å². The second-order valence-electron chi connectivity index (χ2n) is 7.12. The third kappa shape index (κ3) is 4.04. The van der Waals surface area contributed by atoms with Crippen LogP contribution in [0.5, 0.6) is 0 Å². The number of furan rings is 1. The van der Waals surface area contributed by atoms with Crippen LogP contribution in [0.15, 0.2) is 73.4 Å². The first-order chi connectivity index (χ1) is 14.8. The zero-order chi connectivity index (χ0) is 22.1. The van der Waals surface area contributed by atoms with Crippen molar-refractivity contribution in [1.82, 2.24) is 9.66 Å². The zero-order valence-electron chi connectivity index (χ0n) is 16.7. The molecule has 0 radical (unpaired) electrons. The standard InChI is InChI=1S/C22H17BrN4O4/c1-13(2)21-25-18-9-7-14(23)11-17(18)22(28)26(21)24-12-15-8-10-20(31-15)16-5-3-4-6-19(16)27(29)30/h3-13H,1-2H3. The number of hydrogen-bond acceptors (Lipinski definition) is 6. The Labute approximate surface area is 185 Å². The van der Waals surface area contributed by atoms with Crippen molar-refractivity contribution in [2.24, 2.45) is 5.10 Å². The van der Waals surface area contributed by atoms with E-state index in [0.29, 0.717) is 33.8 Å². The van der Waals surface area contributed by atoms with Crippen LogP contribution < -0.4 is 5.56 Å². The number of halogens is 1. The molecule has 9 heteroatoms. The topological polar surface area (TPSA) is 104 Å². The molecule has 2 aromatic carbocycles. The van der Waals surface area contributed by atoms with E-state index in [1.54, 1.807) is 42.5 Å². The van der Waals surface area contributed by atoms with Crippen molar-refractivity contribution in [1.29, 1.82) is 0 Å². The third-order valence-corrected chi connectivity index (χ3v) is 5.14. The molecule has 2 aromatic heterocycles. The van der Waals surface area contributed by atoms with Gasteiger partial charge in [0.2, 0.25) is 0 Å². The Morgan fingerprint density at radius 3 is 2.71 bits per heavy atom. The maximum absolute atomic E-state index is 13.1. The van der Waals surface area contributed by atoms with Crippen LogP contribution in [0, 0.1) is 10.1 Å². The molecule has 0 saturated heterocycles. The van der Waals surface area contributed by atoms with Crippen molar-refractivity contribution in [2.75, 3.05) is 0 Å². The Morgan fingerprint density at radius 2 is 1.97 bits per heavy atom. The molecular weight excluding hydrogens is 464 g/mol. The summed E-state index contributed by atoms with van der Waals surface area (Å²) in [7, 11) is 0. The molecule has 0 amide bonds. The lowest BCUT2D eigenvalue weighted by Crippen LogP contribution is -2.23. The van der Waals surface area contributed by atoms with Gasteiger partial charge in [0.25, 0.3) is 11.2 Å². The highest BCUT2D eigenvalue weighted by atomic mass is 79.9. The highest BCUT2D eigenvalue weighted by Crippen LogP contribution is 2.30. The van der Waals surface area contributed by atoms with E-state index in [0.717, 1.165) is 4.47 Å². The van der Waals surface area contributed by atoms with E-state index in [4.69, 9.17) is 4.42 Å². The second kappa shape index (κ2) is 8.27. The molecule has 0 spiro atoms. The van der Waals surface area contributed by atoms with Gasteiger partial charge in [-0.2, -0.15) is 9.78 Å². The van der Waals surface area contributed by atoms with Gasteiger partial charge >= 0.3 is 0 Å². The summed E-state index contributed by atoms with van der Waals surface area (Å²) in [5, 5.41) is 16.0. The first kappa shape index (κ1) is 20.7. The molecule has 2 heterocycles. The van der Waals surface area contributed by atoms with Crippen LogP contribution in [0.2, 0.25) is 0 Å². The van der Waals surface area contributed by atoms with Gasteiger partial charge in [0.05, 0.1) is 27.6 Å². The minimum Gasteiger partial charge on any atom is -0.455 e. The highest BCUT2D eigenvalue weighted by Gasteiger charge is 2.17. The summed E-state index contributed by atoms with van der Waals surface area (Å²) in [6.45, 7) is 3.86. The molecule has 8 nitrogen and oxygen atoms in total. The average Bonchev–Trinajstić information content (AvgIpc) is 3.22. The molecular formula is C22H17BrN4O4. The number of hydrogen-bond donors (Lipinski definition) is 0. The molecule has 156 valence electrons. The Kier molecular flexibility index (Phi) is 5.51. The molecule has 0 bridgehead atoms. The number of benzene rings is 2. The summed E-state index contributed by atoms with van der Waals surface area (Å²) in [6, 6.07) is 14.9. The summed E-state index contributed by atoms with van der Waals surface area (Å²) >= 11 is 3.38. The fourth-order valence-corrected chi connectivity index (χ4v) is 3.54. The summed E-state index contributed by atoms with van der Waals surface area (Å²) < 4.78 is 7.76. The number of nitro benzene ring substituents is 1. The molecule has 0 saturated carbocycles. The molecule has 31 heavy (non-hydrogen) atoms. The Balaban J connectivity index is 1.76. The molecule has 0 N–H and O–H groups in total. The van der Waals surface area contributed by atoms with E-state index in [1.165, 1.54) is 17.0 Å². The lowest BCUT2D eigenvalue weighted by molar-refractivity contribution is -0.384. The summed E-state index contributed by atoms with van der Waals surface area (Å²) in [6.07, 6.45) is 1.40. The fraction of sp³-hybridized carbons (Fsp3) is 0.136. The van der Waals surface area contributed by atoms with Crippen molar-refractivity contribution < 1.29 is 9.34 Å². The van der Waals surface area contributed by atoms with Gasteiger partial charge in [0.15, 0.2) is 0 Å². The van der Waals surface area contributed by atoms with Crippen LogP contribution in [-0.4, -0.2) is 20.8 Å². The Morgan fingerprint density at radius 1 is 1.19 bits per heavy atom. The van der Waals surface area contributed by atoms with Crippen LogP contribution in [0.4, 0.5) is 5.69 Å². The summed E-state index contributed by atoms with van der Waals surface area (Å²) in [5.74, 6) is 1.16. The van der Waals surface area contributed by atoms with E-state index in [9.17, 15) is 14.9 Å². The first-order valence-electron chi connectivity index (χ1n) is 9.45. The number of para-hydroxylation sites is 1. The Hall–Kier alpha value is -3.59. The maximum atomic E-state index is 13.1. The molecule has 0 aliphatic rings. The monoisotopic (exact) mass is 480 g/mol. The van der Waals surface area contributed by atoms with Crippen LogP contribution >= 0.6 is 15.9 Å². The third-order valence-electron chi connectivity index (χ3n) is 4.64. The predicted octanol–water partition coefficient (Wildman–Crippen LogP) is 5.33.